The second-order valence-corrected chi connectivity index (χ2v) is 8.08. The molecule has 2 aromatic heterocycles. The third-order valence-electron chi connectivity index (χ3n) is 5.54. The zero-order chi connectivity index (χ0) is 22.9. The number of aromatic amines is 1. The number of rotatable bonds is 11. The number of aryl methyl sites for hydroxylation is 1. The lowest BCUT2D eigenvalue weighted by molar-refractivity contribution is -0.116. The molecule has 8 nitrogen and oxygen atoms in total. The minimum atomic E-state index is -0.237. The van der Waals surface area contributed by atoms with Gasteiger partial charge in [-0.2, -0.15) is 5.21 Å². The van der Waals surface area contributed by atoms with Crippen molar-refractivity contribution < 1.29 is 9.21 Å². The van der Waals surface area contributed by atoms with Crippen molar-refractivity contribution in [2.75, 3.05) is 5.32 Å². The van der Waals surface area contributed by atoms with Gasteiger partial charge in [-0.3, -0.25) is 9.59 Å². The summed E-state index contributed by atoms with van der Waals surface area (Å²) in [5.74, 6) is 0.395. The normalized spacial score (nSPS) is 11.0. The number of carbonyl (C=O) groups excluding carboxylic acids is 1. The summed E-state index contributed by atoms with van der Waals surface area (Å²) in [5.41, 5.74) is 2.13. The Morgan fingerprint density at radius 1 is 0.939 bits per heavy atom. The Bertz CT molecular complexity index is 1240. The van der Waals surface area contributed by atoms with Crippen LogP contribution in [0.25, 0.3) is 22.6 Å². The lowest BCUT2D eigenvalue weighted by Crippen LogP contribution is -2.11. The predicted octanol–water partition coefficient (Wildman–Crippen LogP) is 4.89. The number of benzene rings is 2. The fraction of sp³-hybridized carbons (Fsp3) is 0.320. The van der Waals surface area contributed by atoms with E-state index in [9.17, 15) is 9.59 Å². The molecule has 0 bridgehead atoms. The molecule has 0 aliphatic carbocycles. The molecule has 1 amide bonds. The number of carbonyl (C=O) groups is 1. The maximum atomic E-state index is 12.5. The number of nitrogens with one attached hydrogen (secondary N) is 2. The summed E-state index contributed by atoms with van der Waals surface area (Å²) >= 11 is 0. The largest absolute Gasteiger partial charge is 0.452 e. The highest BCUT2D eigenvalue weighted by Crippen LogP contribution is 2.21. The molecule has 0 radical (unpaired) electrons. The fourth-order valence-corrected chi connectivity index (χ4v) is 3.80. The number of hydrogen-bond acceptors (Lipinski definition) is 6. The lowest BCUT2D eigenvalue weighted by atomic mass is 10.0. The Labute approximate surface area is 191 Å². The third kappa shape index (κ3) is 6.35. The first-order valence-corrected chi connectivity index (χ1v) is 11.3. The quantitative estimate of drug-likeness (QED) is 0.318. The summed E-state index contributed by atoms with van der Waals surface area (Å²) in [6.45, 7) is 0. The average molecular weight is 446 g/mol. The molecule has 2 heterocycles. The van der Waals surface area contributed by atoms with Gasteiger partial charge in [-0.15, -0.1) is 10.2 Å². The summed E-state index contributed by atoms with van der Waals surface area (Å²) in [7, 11) is 0. The minimum Gasteiger partial charge on any atom is -0.452 e. The fourth-order valence-electron chi connectivity index (χ4n) is 3.80. The van der Waals surface area contributed by atoms with E-state index in [1.54, 1.807) is 18.2 Å². The Morgan fingerprint density at radius 3 is 2.52 bits per heavy atom. The van der Waals surface area contributed by atoms with Gasteiger partial charge in [0.15, 0.2) is 11.2 Å². The van der Waals surface area contributed by atoms with Crippen LogP contribution in [-0.4, -0.2) is 26.5 Å². The van der Waals surface area contributed by atoms with Crippen LogP contribution < -0.4 is 10.7 Å². The summed E-state index contributed by atoms with van der Waals surface area (Å²) in [6, 6.07) is 16.9. The lowest BCUT2D eigenvalue weighted by Gasteiger charge is -2.07. The summed E-state index contributed by atoms with van der Waals surface area (Å²) in [6.07, 6.45) is 8.25. The molecule has 0 fully saturated rings. The van der Waals surface area contributed by atoms with E-state index in [0.29, 0.717) is 23.1 Å². The summed E-state index contributed by atoms with van der Waals surface area (Å²) in [5, 5.41) is 16.7. The van der Waals surface area contributed by atoms with Crippen LogP contribution >= 0.6 is 0 Å². The van der Waals surface area contributed by atoms with Gasteiger partial charge in [-0.25, -0.2) is 0 Å². The highest BCUT2D eigenvalue weighted by atomic mass is 16.3. The van der Waals surface area contributed by atoms with Crippen molar-refractivity contribution in [1.82, 2.24) is 20.6 Å². The van der Waals surface area contributed by atoms with Gasteiger partial charge < -0.3 is 9.73 Å². The Kier molecular flexibility index (Phi) is 7.58. The van der Waals surface area contributed by atoms with Gasteiger partial charge in [0, 0.05) is 18.2 Å². The zero-order valence-electron chi connectivity index (χ0n) is 18.4. The van der Waals surface area contributed by atoms with E-state index in [1.807, 2.05) is 6.07 Å². The molecule has 2 aromatic carbocycles. The van der Waals surface area contributed by atoms with Crippen LogP contribution in [0.5, 0.6) is 0 Å². The van der Waals surface area contributed by atoms with Gasteiger partial charge in [-0.05, 0) is 48.2 Å². The van der Waals surface area contributed by atoms with Crippen LogP contribution in [0.1, 0.15) is 50.5 Å². The van der Waals surface area contributed by atoms with Crippen molar-refractivity contribution in [1.29, 1.82) is 0 Å². The number of amides is 1. The van der Waals surface area contributed by atoms with Gasteiger partial charge >= 0.3 is 0 Å². The molecule has 4 aromatic rings. The van der Waals surface area contributed by atoms with Crippen molar-refractivity contribution in [3.05, 3.63) is 70.4 Å². The average Bonchev–Trinajstić information content (AvgIpc) is 3.37. The molecular weight excluding hydrogens is 418 g/mol. The molecule has 0 unspecified atom stereocenters. The van der Waals surface area contributed by atoms with Crippen molar-refractivity contribution >= 4 is 22.6 Å². The molecule has 8 heteroatoms. The van der Waals surface area contributed by atoms with Crippen molar-refractivity contribution in [2.24, 2.45) is 0 Å². The number of unbranched alkanes of at least 4 members (excludes halogenated alkanes) is 5. The molecule has 33 heavy (non-hydrogen) atoms. The van der Waals surface area contributed by atoms with Crippen LogP contribution in [0, 0.1) is 0 Å². The maximum Gasteiger partial charge on any atom is 0.239 e. The first-order chi connectivity index (χ1) is 16.2. The van der Waals surface area contributed by atoms with E-state index in [1.165, 1.54) is 30.9 Å². The standard InChI is InChI=1S/C25H27N5O3/c31-21-17-23(25-27-29-30-28-25)33-22-15-14-19(16-20(21)22)26-24(32)13-9-4-2-1-3-6-10-18-11-7-5-8-12-18/h5,7-8,11-12,14-17H,1-4,6,9-10,13H2,(H,26,32)(H,27,28,29,30). The first kappa shape index (κ1) is 22.4. The van der Waals surface area contributed by atoms with Crippen LogP contribution in [0.3, 0.4) is 0 Å². The smallest absolute Gasteiger partial charge is 0.239 e. The predicted molar refractivity (Wildman–Crippen MR) is 127 cm³/mol. The molecule has 2 N–H and O–H groups in total. The molecule has 170 valence electrons. The Morgan fingerprint density at radius 2 is 1.73 bits per heavy atom. The second-order valence-electron chi connectivity index (χ2n) is 8.08. The molecule has 0 aliphatic heterocycles. The molecule has 4 rings (SSSR count). The maximum absolute atomic E-state index is 12.5. The molecule has 0 spiro atoms. The van der Waals surface area contributed by atoms with Crippen LogP contribution in [-0.2, 0) is 11.2 Å². The van der Waals surface area contributed by atoms with Gasteiger partial charge in [0.25, 0.3) is 0 Å². The van der Waals surface area contributed by atoms with E-state index < -0.39 is 0 Å². The molecule has 0 saturated heterocycles. The molecule has 0 saturated carbocycles. The van der Waals surface area contributed by atoms with E-state index >= 15 is 0 Å². The summed E-state index contributed by atoms with van der Waals surface area (Å²) in [4.78, 5) is 24.8. The summed E-state index contributed by atoms with van der Waals surface area (Å²) < 4.78 is 5.69. The molecular formula is C25H27N5O3. The van der Waals surface area contributed by atoms with Crippen LogP contribution in [0.4, 0.5) is 5.69 Å². The SMILES string of the molecule is O=C(CCCCCCCCc1ccccc1)Nc1ccc2oc(-c3nn[nH]n3)cc(=O)c2c1. The highest BCUT2D eigenvalue weighted by molar-refractivity contribution is 5.93. The zero-order valence-corrected chi connectivity index (χ0v) is 18.4. The first-order valence-electron chi connectivity index (χ1n) is 11.3. The molecule has 0 atom stereocenters. The number of tetrazole rings is 1. The van der Waals surface area contributed by atoms with Crippen LogP contribution in [0.2, 0.25) is 0 Å². The number of fused-ring (bicyclic) bond motifs is 1. The monoisotopic (exact) mass is 445 g/mol. The van der Waals surface area contributed by atoms with E-state index in [-0.39, 0.29) is 22.9 Å². The van der Waals surface area contributed by atoms with Gasteiger partial charge in [0.05, 0.1) is 5.39 Å². The van der Waals surface area contributed by atoms with Gasteiger partial charge in [0.1, 0.15) is 5.58 Å². The topological polar surface area (TPSA) is 114 Å². The Hall–Kier alpha value is -3.81. The van der Waals surface area contributed by atoms with Crippen LogP contribution in [0.15, 0.2) is 63.8 Å². The van der Waals surface area contributed by atoms with E-state index in [2.05, 4.69) is 50.2 Å². The van der Waals surface area contributed by atoms with E-state index in [4.69, 9.17) is 4.42 Å². The third-order valence-corrected chi connectivity index (χ3v) is 5.54. The number of hydrogen-bond donors (Lipinski definition) is 2. The van der Waals surface area contributed by atoms with Gasteiger partial charge in [-0.1, -0.05) is 56.0 Å². The van der Waals surface area contributed by atoms with Crippen molar-refractivity contribution in [3.63, 3.8) is 0 Å². The van der Waals surface area contributed by atoms with E-state index in [0.717, 1.165) is 25.7 Å². The second kappa shape index (κ2) is 11.2. The highest BCUT2D eigenvalue weighted by Gasteiger charge is 2.11. The number of nitrogens with zero attached hydrogens (tertiary/aromatic N) is 3. The number of H-pyrrole nitrogens is 1. The molecule has 0 aliphatic rings. The van der Waals surface area contributed by atoms with Crippen molar-refractivity contribution in [3.8, 4) is 11.6 Å². The van der Waals surface area contributed by atoms with Crippen molar-refractivity contribution in [2.45, 2.75) is 51.4 Å². The van der Waals surface area contributed by atoms with Gasteiger partial charge in [0.2, 0.25) is 11.7 Å². The number of aromatic nitrogens is 4. The minimum absolute atomic E-state index is 0.0498. The Balaban J connectivity index is 1.18. The number of anilines is 1.